The Bertz CT molecular complexity index is 402. The minimum absolute atomic E-state index is 0.390. The van der Waals surface area contributed by atoms with Gasteiger partial charge in [0, 0.05) is 27.2 Å². The van der Waals surface area contributed by atoms with E-state index in [2.05, 4.69) is 16.9 Å². The number of likely N-dealkylation sites (N-methyl/N-ethyl adjacent to an activating group) is 1. The third kappa shape index (κ3) is 2.95. The largest absolute Gasteiger partial charge is 0.389 e. The van der Waals surface area contributed by atoms with Crippen LogP contribution in [-0.4, -0.2) is 41.6 Å². The quantitative estimate of drug-likeness (QED) is 0.764. The second kappa shape index (κ2) is 5.97. The molecule has 0 bridgehead atoms. The standard InChI is InChI=1S/C11H20N4OS/c1-5-15(6-7-16-4)11-9(10(12)17)8(2)13-14(11)3/h5-7H2,1-4H3,(H2,12,17). The number of anilines is 1. The molecule has 0 saturated carbocycles. The van der Waals surface area contributed by atoms with Crippen LogP contribution >= 0.6 is 12.2 Å². The minimum Gasteiger partial charge on any atom is -0.389 e. The molecule has 0 spiro atoms. The average molecular weight is 256 g/mol. The number of hydrogen-bond donors (Lipinski definition) is 1. The lowest BCUT2D eigenvalue weighted by molar-refractivity contribution is 0.205. The fraction of sp³-hybridized carbons (Fsp3) is 0.636. The second-order valence-corrected chi connectivity index (χ2v) is 4.28. The topological polar surface area (TPSA) is 56.3 Å². The number of thiocarbonyl (C=S) groups is 1. The summed E-state index contributed by atoms with van der Waals surface area (Å²) in [6, 6.07) is 0. The number of aromatic nitrogens is 2. The zero-order chi connectivity index (χ0) is 13.0. The van der Waals surface area contributed by atoms with Gasteiger partial charge in [-0.2, -0.15) is 5.10 Å². The van der Waals surface area contributed by atoms with E-state index >= 15 is 0 Å². The van der Waals surface area contributed by atoms with Crippen LogP contribution in [0.4, 0.5) is 5.82 Å². The molecule has 17 heavy (non-hydrogen) atoms. The first-order chi connectivity index (χ1) is 8.02. The molecule has 96 valence electrons. The number of nitrogens with two attached hydrogens (primary N) is 1. The van der Waals surface area contributed by atoms with Crippen LogP contribution in [0.3, 0.4) is 0 Å². The van der Waals surface area contributed by atoms with E-state index in [-0.39, 0.29) is 0 Å². The minimum atomic E-state index is 0.390. The molecule has 0 radical (unpaired) electrons. The van der Waals surface area contributed by atoms with Gasteiger partial charge < -0.3 is 15.4 Å². The summed E-state index contributed by atoms with van der Waals surface area (Å²) in [5.41, 5.74) is 7.50. The molecule has 1 aromatic rings. The molecular weight excluding hydrogens is 236 g/mol. The highest BCUT2D eigenvalue weighted by atomic mass is 32.1. The molecule has 6 heteroatoms. The van der Waals surface area contributed by atoms with Crippen molar-refractivity contribution in [1.82, 2.24) is 9.78 Å². The summed E-state index contributed by atoms with van der Waals surface area (Å²) >= 11 is 5.10. The maximum Gasteiger partial charge on any atom is 0.137 e. The molecule has 0 fully saturated rings. The van der Waals surface area contributed by atoms with E-state index in [4.69, 9.17) is 22.7 Å². The van der Waals surface area contributed by atoms with Crippen molar-refractivity contribution in [3.63, 3.8) is 0 Å². The fourth-order valence-corrected chi connectivity index (χ4v) is 2.15. The van der Waals surface area contributed by atoms with E-state index < -0.39 is 0 Å². The summed E-state index contributed by atoms with van der Waals surface area (Å²) in [5.74, 6) is 0.967. The van der Waals surface area contributed by atoms with Gasteiger partial charge in [-0.25, -0.2) is 0 Å². The summed E-state index contributed by atoms with van der Waals surface area (Å²) in [6.45, 7) is 6.32. The molecule has 0 atom stereocenters. The van der Waals surface area contributed by atoms with Crippen molar-refractivity contribution in [2.45, 2.75) is 13.8 Å². The van der Waals surface area contributed by atoms with Crippen LogP contribution in [0.15, 0.2) is 0 Å². The zero-order valence-electron chi connectivity index (χ0n) is 10.9. The third-order valence-corrected chi connectivity index (χ3v) is 2.89. The summed E-state index contributed by atoms with van der Waals surface area (Å²) in [6.07, 6.45) is 0. The zero-order valence-corrected chi connectivity index (χ0v) is 11.7. The predicted octanol–water partition coefficient (Wildman–Crippen LogP) is 0.835. The maximum atomic E-state index is 5.77. The number of hydrogen-bond acceptors (Lipinski definition) is 4. The summed E-state index contributed by atoms with van der Waals surface area (Å²) in [7, 11) is 3.59. The molecule has 0 saturated heterocycles. The summed E-state index contributed by atoms with van der Waals surface area (Å²) in [4.78, 5) is 2.55. The van der Waals surface area contributed by atoms with Gasteiger partial charge in [0.05, 0.1) is 17.9 Å². The Morgan fingerprint density at radius 1 is 1.59 bits per heavy atom. The lowest BCUT2D eigenvalue weighted by Gasteiger charge is -2.23. The van der Waals surface area contributed by atoms with E-state index in [1.165, 1.54) is 0 Å². The van der Waals surface area contributed by atoms with Crippen molar-refractivity contribution in [2.75, 3.05) is 31.7 Å². The maximum absolute atomic E-state index is 5.77. The smallest absolute Gasteiger partial charge is 0.137 e. The molecule has 0 aliphatic carbocycles. The van der Waals surface area contributed by atoms with E-state index in [9.17, 15) is 0 Å². The molecule has 0 aliphatic rings. The third-order valence-electron chi connectivity index (χ3n) is 2.68. The van der Waals surface area contributed by atoms with Gasteiger partial charge in [-0.05, 0) is 13.8 Å². The van der Waals surface area contributed by atoms with E-state index in [0.717, 1.165) is 30.2 Å². The average Bonchev–Trinajstić information content (AvgIpc) is 2.55. The molecule has 1 rings (SSSR count). The van der Waals surface area contributed by atoms with Crippen molar-refractivity contribution < 1.29 is 4.74 Å². The van der Waals surface area contributed by atoms with Crippen molar-refractivity contribution in [3.8, 4) is 0 Å². The van der Waals surface area contributed by atoms with Crippen LogP contribution in [0.1, 0.15) is 18.2 Å². The van der Waals surface area contributed by atoms with Gasteiger partial charge in [-0.3, -0.25) is 4.68 Å². The van der Waals surface area contributed by atoms with Crippen LogP contribution in [0.5, 0.6) is 0 Å². The van der Waals surface area contributed by atoms with Crippen LogP contribution in [0, 0.1) is 6.92 Å². The first-order valence-electron chi connectivity index (χ1n) is 5.60. The van der Waals surface area contributed by atoms with Crippen LogP contribution in [0.25, 0.3) is 0 Å². The summed E-state index contributed by atoms with van der Waals surface area (Å²) < 4.78 is 6.93. The first-order valence-corrected chi connectivity index (χ1v) is 6.01. The van der Waals surface area contributed by atoms with Gasteiger partial charge in [-0.15, -0.1) is 0 Å². The predicted molar refractivity (Wildman–Crippen MR) is 73.6 cm³/mol. The highest BCUT2D eigenvalue weighted by molar-refractivity contribution is 7.80. The molecule has 2 N–H and O–H groups in total. The van der Waals surface area contributed by atoms with Gasteiger partial charge in [0.2, 0.25) is 0 Å². The number of rotatable bonds is 6. The van der Waals surface area contributed by atoms with E-state index in [1.807, 2.05) is 18.7 Å². The van der Waals surface area contributed by atoms with E-state index in [1.54, 1.807) is 7.11 Å². The first kappa shape index (κ1) is 13.9. The highest BCUT2D eigenvalue weighted by Gasteiger charge is 2.19. The lowest BCUT2D eigenvalue weighted by Crippen LogP contribution is -2.30. The summed E-state index contributed by atoms with van der Waals surface area (Å²) in [5, 5.41) is 4.38. The van der Waals surface area contributed by atoms with Crippen molar-refractivity contribution in [3.05, 3.63) is 11.3 Å². The molecule has 5 nitrogen and oxygen atoms in total. The Morgan fingerprint density at radius 3 is 2.71 bits per heavy atom. The second-order valence-electron chi connectivity index (χ2n) is 3.84. The fourth-order valence-electron chi connectivity index (χ4n) is 1.91. The lowest BCUT2D eigenvalue weighted by atomic mass is 10.2. The van der Waals surface area contributed by atoms with Crippen molar-refractivity contribution in [2.24, 2.45) is 12.8 Å². The molecular formula is C11H20N4OS. The monoisotopic (exact) mass is 256 g/mol. The highest BCUT2D eigenvalue weighted by Crippen LogP contribution is 2.22. The Morgan fingerprint density at radius 2 is 2.24 bits per heavy atom. The SMILES string of the molecule is CCN(CCOC)c1c(C(N)=S)c(C)nn1C. The molecule has 0 unspecified atom stereocenters. The molecule has 1 heterocycles. The molecule has 0 aromatic carbocycles. The van der Waals surface area contributed by atoms with Crippen LogP contribution < -0.4 is 10.6 Å². The van der Waals surface area contributed by atoms with Crippen LogP contribution in [-0.2, 0) is 11.8 Å². The van der Waals surface area contributed by atoms with Gasteiger partial charge in [0.25, 0.3) is 0 Å². The van der Waals surface area contributed by atoms with Crippen molar-refractivity contribution in [1.29, 1.82) is 0 Å². The Kier molecular flexibility index (Phi) is 4.89. The Balaban J connectivity index is 3.13. The number of aryl methyl sites for hydroxylation is 2. The van der Waals surface area contributed by atoms with Crippen LogP contribution in [0.2, 0.25) is 0 Å². The molecule has 1 aromatic heterocycles. The Hall–Kier alpha value is -1.14. The Labute approximate surface area is 108 Å². The number of ether oxygens (including phenoxy) is 1. The van der Waals surface area contributed by atoms with Gasteiger partial charge in [-0.1, -0.05) is 12.2 Å². The number of nitrogens with zero attached hydrogens (tertiary/aromatic N) is 3. The molecule has 0 amide bonds. The normalized spacial score (nSPS) is 10.6. The van der Waals surface area contributed by atoms with Gasteiger partial charge in [0.1, 0.15) is 10.8 Å². The number of methoxy groups -OCH3 is 1. The van der Waals surface area contributed by atoms with E-state index in [0.29, 0.717) is 11.6 Å². The van der Waals surface area contributed by atoms with Crippen molar-refractivity contribution >= 4 is 23.0 Å². The molecule has 0 aliphatic heterocycles. The van der Waals surface area contributed by atoms with Gasteiger partial charge >= 0.3 is 0 Å². The van der Waals surface area contributed by atoms with Gasteiger partial charge in [0.15, 0.2) is 0 Å².